The van der Waals surface area contributed by atoms with Crippen LogP contribution in [0.4, 0.5) is 0 Å². The van der Waals surface area contributed by atoms with Crippen LogP contribution in [-0.2, 0) is 6.42 Å². The van der Waals surface area contributed by atoms with E-state index in [4.69, 9.17) is 0 Å². The van der Waals surface area contributed by atoms with Crippen LogP contribution in [0.3, 0.4) is 0 Å². The second-order valence-electron chi connectivity index (χ2n) is 5.88. The summed E-state index contributed by atoms with van der Waals surface area (Å²) < 4.78 is 2.10. The summed E-state index contributed by atoms with van der Waals surface area (Å²) in [7, 11) is 0. The SMILES string of the molecule is Cc1cc(CC(O)C2CCCCC2)n2cncc2c1. The molecule has 1 aliphatic carbocycles. The molecule has 0 saturated heterocycles. The van der Waals surface area contributed by atoms with Crippen LogP contribution in [0.15, 0.2) is 24.7 Å². The molecule has 0 amide bonds. The van der Waals surface area contributed by atoms with Gasteiger partial charge in [-0.25, -0.2) is 4.98 Å². The summed E-state index contributed by atoms with van der Waals surface area (Å²) in [5.74, 6) is 0.479. The second kappa shape index (κ2) is 5.33. The van der Waals surface area contributed by atoms with E-state index >= 15 is 0 Å². The monoisotopic (exact) mass is 258 g/mol. The smallest absolute Gasteiger partial charge is 0.0994 e. The summed E-state index contributed by atoms with van der Waals surface area (Å²) in [6.07, 6.45) is 10.5. The predicted molar refractivity (Wildman–Crippen MR) is 76.2 cm³/mol. The maximum atomic E-state index is 10.5. The number of aryl methyl sites for hydroxylation is 1. The van der Waals surface area contributed by atoms with Crippen LogP contribution in [0.1, 0.15) is 43.4 Å². The van der Waals surface area contributed by atoms with Crippen LogP contribution in [0.2, 0.25) is 0 Å². The van der Waals surface area contributed by atoms with Crippen LogP contribution >= 0.6 is 0 Å². The number of hydrogen-bond donors (Lipinski definition) is 1. The summed E-state index contributed by atoms with van der Waals surface area (Å²) in [6.45, 7) is 2.10. The van der Waals surface area contributed by atoms with Crippen molar-refractivity contribution in [3.8, 4) is 0 Å². The third-order valence-electron chi connectivity index (χ3n) is 4.36. The van der Waals surface area contributed by atoms with Crippen molar-refractivity contribution in [2.24, 2.45) is 5.92 Å². The standard InChI is InChI=1S/C16H22N2O/c1-12-7-14(18-11-17-10-15(18)8-12)9-16(19)13-5-3-2-4-6-13/h7-8,10-11,13,16,19H,2-6,9H2,1H3. The largest absolute Gasteiger partial charge is 0.392 e. The first kappa shape index (κ1) is 12.7. The first-order chi connectivity index (χ1) is 9.24. The first-order valence-corrected chi connectivity index (χ1v) is 7.34. The van der Waals surface area contributed by atoms with Crippen LogP contribution in [0, 0.1) is 12.8 Å². The third-order valence-corrected chi connectivity index (χ3v) is 4.36. The van der Waals surface area contributed by atoms with E-state index in [0.29, 0.717) is 5.92 Å². The number of aliphatic hydroxyl groups excluding tert-OH is 1. The molecule has 2 aromatic rings. The van der Waals surface area contributed by atoms with Crippen LogP contribution in [-0.4, -0.2) is 20.6 Å². The van der Waals surface area contributed by atoms with E-state index in [1.807, 2.05) is 12.5 Å². The van der Waals surface area contributed by atoms with E-state index in [1.165, 1.54) is 43.4 Å². The number of fused-ring (bicyclic) bond motifs is 1. The number of hydrogen-bond acceptors (Lipinski definition) is 2. The van der Waals surface area contributed by atoms with Crippen molar-refractivity contribution in [3.05, 3.63) is 35.9 Å². The van der Waals surface area contributed by atoms with Gasteiger partial charge in [0.1, 0.15) is 0 Å². The van der Waals surface area contributed by atoms with Gasteiger partial charge in [0.05, 0.1) is 24.1 Å². The highest BCUT2D eigenvalue weighted by molar-refractivity contribution is 5.48. The number of aromatic nitrogens is 2. The molecule has 1 unspecified atom stereocenters. The lowest BCUT2D eigenvalue weighted by Gasteiger charge is -2.26. The van der Waals surface area contributed by atoms with Crippen molar-refractivity contribution in [2.45, 2.75) is 51.6 Å². The molecule has 2 heterocycles. The third kappa shape index (κ3) is 2.66. The highest BCUT2D eigenvalue weighted by Gasteiger charge is 2.22. The fourth-order valence-corrected chi connectivity index (χ4v) is 3.32. The van der Waals surface area contributed by atoms with Gasteiger partial charge in [0.2, 0.25) is 0 Å². The molecule has 1 fully saturated rings. The Bertz CT molecular complexity index is 555. The van der Waals surface area contributed by atoms with Crippen LogP contribution in [0.25, 0.3) is 5.52 Å². The van der Waals surface area contributed by atoms with Gasteiger partial charge in [-0.05, 0) is 43.4 Å². The van der Waals surface area contributed by atoms with E-state index in [2.05, 4.69) is 28.4 Å². The molecule has 3 heteroatoms. The molecule has 0 aliphatic heterocycles. The molecule has 1 atom stereocenters. The molecular weight excluding hydrogens is 236 g/mol. The average molecular weight is 258 g/mol. The molecular formula is C16H22N2O. The fraction of sp³-hybridized carbons (Fsp3) is 0.562. The molecule has 0 bridgehead atoms. The molecule has 1 aliphatic rings. The van der Waals surface area contributed by atoms with Gasteiger partial charge in [0.15, 0.2) is 0 Å². The summed E-state index contributed by atoms with van der Waals surface area (Å²) in [5.41, 5.74) is 3.52. The highest BCUT2D eigenvalue weighted by atomic mass is 16.3. The summed E-state index contributed by atoms with van der Waals surface area (Å²) in [5, 5.41) is 10.5. The topological polar surface area (TPSA) is 37.5 Å². The molecule has 1 N–H and O–H groups in total. The van der Waals surface area contributed by atoms with Crippen LogP contribution in [0.5, 0.6) is 0 Å². The highest BCUT2D eigenvalue weighted by Crippen LogP contribution is 2.28. The Morgan fingerprint density at radius 3 is 2.89 bits per heavy atom. The predicted octanol–water partition coefficient (Wildman–Crippen LogP) is 3.13. The Kier molecular flexibility index (Phi) is 3.56. The zero-order chi connectivity index (χ0) is 13.2. The molecule has 19 heavy (non-hydrogen) atoms. The van der Waals surface area contributed by atoms with Gasteiger partial charge in [0.25, 0.3) is 0 Å². The number of pyridine rings is 1. The zero-order valence-corrected chi connectivity index (χ0v) is 11.5. The van der Waals surface area contributed by atoms with E-state index < -0.39 is 0 Å². The molecule has 102 valence electrons. The number of rotatable bonds is 3. The first-order valence-electron chi connectivity index (χ1n) is 7.34. The Morgan fingerprint density at radius 2 is 2.11 bits per heavy atom. The molecule has 1 saturated carbocycles. The molecule has 0 aromatic carbocycles. The summed E-state index contributed by atoms with van der Waals surface area (Å²) >= 11 is 0. The quantitative estimate of drug-likeness (QED) is 0.918. The van der Waals surface area contributed by atoms with Crippen molar-refractivity contribution in [3.63, 3.8) is 0 Å². The molecule has 3 nitrogen and oxygen atoms in total. The minimum atomic E-state index is -0.215. The minimum Gasteiger partial charge on any atom is -0.392 e. The number of aliphatic hydroxyl groups is 1. The Balaban J connectivity index is 1.82. The Morgan fingerprint density at radius 1 is 1.32 bits per heavy atom. The zero-order valence-electron chi connectivity index (χ0n) is 11.5. The second-order valence-corrected chi connectivity index (χ2v) is 5.88. The van der Waals surface area contributed by atoms with Crippen molar-refractivity contribution in [1.82, 2.24) is 9.38 Å². The van der Waals surface area contributed by atoms with Crippen molar-refractivity contribution < 1.29 is 5.11 Å². The molecule has 0 spiro atoms. The fourth-order valence-electron chi connectivity index (χ4n) is 3.32. The number of nitrogens with zero attached hydrogens (tertiary/aromatic N) is 2. The maximum Gasteiger partial charge on any atom is 0.0994 e. The van der Waals surface area contributed by atoms with Gasteiger partial charge >= 0.3 is 0 Å². The summed E-state index contributed by atoms with van der Waals surface area (Å²) in [6, 6.07) is 4.30. The van der Waals surface area contributed by atoms with Crippen molar-refractivity contribution >= 4 is 5.52 Å². The lowest BCUT2D eigenvalue weighted by Crippen LogP contribution is -2.25. The van der Waals surface area contributed by atoms with E-state index in [-0.39, 0.29) is 6.10 Å². The maximum absolute atomic E-state index is 10.5. The van der Waals surface area contributed by atoms with Crippen LogP contribution < -0.4 is 0 Å². The van der Waals surface area contributed by atoms with E-state index in [0.717, 1.165) is 11.9 Å². The van der Waals surface area contributed by atoms with Gasteiger partial charge in [-0.2, -0.15) is 0 Å². The van der Waals surface area contributed by atoms with Gasteiger partial charge in [-0.15, -0.1) is 0 Å². The lowest BCUT2D eigenvalue weighted by molar-refractivity contribution is 0.0840. The van der Waals surface area contributed by atoms with E-state index in [1.54, 1.807) is 0 Å². The normalized spacial score (nSPS) is 18.8. The lowest BCUT2D eigenvalue weighted by atomic mass is 9.83. The number of imidazole rings is 1. The molecule has 0 radical (unpaired) electrons. The van der Waals surface area contributed by atoms with Gasteiger partial charge in [0, 0.05) is 12.1 Å². The van der Waals surface area contributed by atoms with Crippen molar-refractivity contribution in [1.29, 1.82) is 0 Å². The van der Waals surface area contributed by atoms with E-state index in [9.17, 15) is 5.11 Å². The average Bonchev–Trinajstić information content (AvgIpc) is 2.88. The Labute approximate surface area is 114 Å². The molecule has 3 rings (SSSR count). The van der Waals surface area contributed by atoms with Gasteiger partial charge in [-0.1, -0.05) is 19.3 Å². The molecule has 2 aromatic heterocycles. The summed E-state index contributed by atoms with van der Waals surface area (Å²) in [4.78, 5) is 4.20. The Hall–Kier alpha value is -1.35. The van der Waals surface area contributed by atoms with Crippen molar-refractivity contribution in [2.75, 3.05) is 0 Å². The minimum absolute atomic E-state index is 0.215. The van der Waals surface area contributed by atoms with Gasteiger partial charge < -0.3 is 9.51 Å². The van der Waals surface area contributed by atoms with Gasteiger partial charge in [-0.3, -0.25) is 0 Å².